The maximum absolute atomic E-state index is 13.2. The first-order valence-corrected chi connectivity index (χ1v) is 8.23. The minimum absolute atomic E-state index is 0.139. The lowest BCUT2D eigenvalue weighted by Gasteiger charge is -2.18. The van der Waals surface area contributed by atoms with Crippen LogP contribution in [0.3, 0.4) is 0 Å². The van der Waals surface area contributed by atoms with Crippen molar-refractivity contribution < 1.29 is 4.39 Å². The fraction of sp³-hybridized carbons (Fsp3) is 0.400. The highest BCUT2D eigenvalue weighted by Gasteiger charge is 2.17. The van der Waals surface area contributed by atoms with Gasteiger partial charge >= 0.3 is 0 Å². The lowest BCUT2D eigenvalue weighted by atomic mass is 10.0. The number of likely N-dealkylation sites (N-methyl/N-ethyl adjacent to an activating group) is 1. The van der Waals surface area contributed by atoms with Crippen LogP contribution in [0.5, 0.6) is 0 Å². The van der Waals surface area contributed by atoms with Gasteiger partial charge in [0.2, 0.25) is 0 Å². The largest absolute Gasteiger partial charge is 0.310 e. The zero-order valence-corrected chi connectivity index (χ0v) is 14.2. The van der Waals surface area contributed by atoms with Crippen molar-refractivity contribution in [2.45, 2.75) is 33.2 Å². The Kier molecular flexibility index (Phi) is 5.29. The molecule has 0 aliphatic carbocycles. The minimum Gasteiger partial charge on any atom is -0.310 e. The van der Waals surface area contributed by atoms with E-state index in [1.165, 1.54) is 17.0 Å². The van der Waals surface area contributed by atoms with E-state index >= 15 is 0 Å². The zero-order valence-electron chi connectivity index (χ0n) is 11.8. The summed E-state index contributed by atoms with van der Waals surface area (Å²) in [6, 6.07) is 4.99. The quantitative estimate of drug-likeness (QED) is 0.849. The molecule has 1 N–H and O–H groups in total. The highest BCUT2D eigenvalue weighted by atomic mass is 79.9. The van der Waals surface area contributed by atoms with Gasteiger partial charge in [0.05, 0.1) is 10.7 Å². The van der Waals surface area contributed by atoms with Gasteiger partial charge in [-0.1, -0.05) is 28.9 Å². The van der Waals surface area contributed by atoms with E-state index in [1.807, 2.05) is 13.0 Å². The first-order chi connectivity index (χ1) is 9.51. The molecule has 1 heterocycles. The summed E-state index contributed by atoms with van der Waals surface area (Å²) in [4.78, 5) is 5.85. The van der Waals surface area contributed by atoms with Gasteiger partial charge in [0, 0.05) is 21.8 Å². The molecule has 0 aliphatic rings. The van der Waals surface area contributed by atoms with Crippen molar-refractivity contribution in [1.29, 1.82) is 0 Å². The second-order valence-corrected chi connectivity index (χ2v) is 6.87. The van der Waals surface area contributed by atoms with Crippen LogP contribution in [0.2, 0.25) is 0 Å². The fourth-order valence-corrected chi connectivity index (χ4v) is 3.73. The van der Waals surface area contributed by atoms with E-state index in [0.717, 1.165) is 33.7 Å². The molecule has 2 nitrogen and oxygen atoms in total. The molecule has 0 saturated carbocycles. The van der Waals surface area contributed by atoms with Crippen LogP contribution in [0, 0.1) is 19.7 Å². The van der Waals surface area contributed by atoms with E-state index < -0.39 is 0 Å². The number of halogens is 2. The molecule has 1 unspecified atom stereocenters. The number of hydrogen-bond donors (Lipinski definition) is 1. The first kappa shape index (κ1) is 15.6. The molecule has 0 spiro atoms. The van der Waals surface area contributed by atoms with Crippen LogP contribution in [-0.4, -0.2) is 11.5 Å². The Balaban J connectivity index is 2.26. The van der Waals surface area contributed by atoms with E-state index in [0.29, 0.717) is 0 Å². The number of thiazole rings is 1. The normalized spacial score (nSPS) is 12.7. The van der Waals surface area contributed by atoms with E-state index in [-0.39, 0.29) is 11.9 Å². The minimum atomic E-state index is -0.225. The second kappa shape index (κ2) is 6.78. The third-order valence-electron chi connectivity index (χ3n) is 3.24. The summed E-state index contributed by atoms with van der Waals surface area (Å²) in [6.07, 6.45) is 0.817. The van der Waals surface area contributed by atoms with Crippen LogP contribution in [0.1, 0.15) is 34.1 Å². The fourth-order valence-electron chi connectivity index (χ4n) is 2.12. The van der Waals surface area contributed by atoms with Crippen molar-refractivity contribution in [3.05, 3.63) is 49.6 Å². The number of aromatic nitrogens is 1. The van der Waals surface area contributed by atoms with Crippen LogP contribution in [0.25, 0.3) is 0 Å². The summed E-state index contributed by atoms with van der Waals surface area (Å²) >= 11 is 5.19. The second-order valence-electron chi connectivity index (χ2n) is 4.73. The Morgan fingerprint density at radius 1 is 1.40 bits per heavy atom. The Morgan fingerprint density at radius 2 is 2.15 bits per heavy atom. The van der Waals surface area contributed by atoms with Gasteiger partial charge < -0.3 is 5.32 Å². The van der Waals surface area contributed by atoms with Crippen molar-refractivity contribution in [3.63, 3.8) is 0 Å². The van der Waals surface area contributed by atoms with Crippen LogP contribution in [0.4, 0.5) is 4.39 Å². The van der Waals surface area contributed by atoms with Crippen molar-refractivity contribution in [2.75, 3.05) is 6.54 Å². The molecule has 2 aromatic rings. The van der Waals surface area contributed by atoms with Gasteiger partial charge in [-0.15, -0.1) is 11.3 Å². The maximum atomic E-state index is 13.2. The molecule has 1 aromatic heterocycles. The molecular formula is C15H18BrFN2S. The molecule has 0 saturated heterocycles. The molecule has 0 fully saturated rings. The monoisotopic (exact) mass is 356 g/mol. The number of aryl methyl sites for hydroxylation is 2. The average Bonchev–Trinajstić information content (AvgIpc) is 2.68. The van der Waals surface area contributed by atoms with E-state index in [4.69, 9.17) is 0 Å². The maximum Gasteiger partial charge on any atom is 0.124 e. The van der Waals surface area contributed by atoms with Crippen LogP contribution in [0.15, 0.2) is 22.7 Å². The van der Waals surface area contributed by atoms with Gasteiger partial charge in [-0.05, 0) is 38.1 Å². The highest BCUT2D eigenvalue weighted by molar-refractivity contribution is 9.10. The number of nitrogens with zero attached hydrogens (tertiary/aromatic N) is 1. The molecule has 1 aromatic carbocycles. The summed E-state index contributed by atoms with van der Waals surface area (Å²) in [7, 11) is 0. The van der Waals surface area contributed by atoms with Crippen LogP contribution < -0.4 is 5.32 Å². The zero-order chi connectivity index (χ0) is 14.7. The molecule has 1 atom stereocenters. The van der Waals surface area contributed by atoms with Gasteiger partial charge in [-0.3, -0.25) is 0 Å². The summed E-state index contributed by atoms with van der Waals surface area (Å²) in [5.74, 6) is -0.225. The molecule has 20 heavy (non-hydrogen) atoms. The summed E-state index contributed by atoms with van der Waals surface area (Å²) in [5, 5.41) is 4.56. The van der Waals surface area contributed by atoms with Gasteiger partial charge in [0.25, 0.3) is 0 Å². The van der Waals surface area contributed by atoms with Crippen molar-refractivity contribution >= 4 is 27.3 Å². The average molecular weight is 357 g/mol. The van der Waals surface area contributed by atoms with E-state index in [2.05, 4.69) is 40.1 Å². The predicted octanol–water partition coefficient (Wildman–Crippen LogP) is 4.55. The van der Waals surface area contributed by atoms with Crippen molar-refractivity contribution in [2.24, 2.45) is 0 Å². The standard InChI is InChI=1S/C15H18BrFN2S/c1-4-18-14(8-15-19-9(2)10(3)20-15)12-6-5-11(17)7-13(12)16/h5-7,14,18H,4,8H2,1-3H3. The SMILES string of the molecule is CCNC(Cc1nc(C)c(C)s1)c1ccc(F)cc1Br. The Labute approximate surface area is 131 Å². The molecule has 5 heteroatoms. The molecule has 0 bridgehead atoms. The molecule has 108 valence electrons. The number of rotatable bonds is 5. The van der Waals surface area contributed by atoms with Crippen molar-refractivity contribution in [1.82, 2.24) is 10.3 Å². The van der Waals surface area contributed by atoms with Gasteiger partial charge in [0.1, 0.15) is 5.82 Å². The van der Waals surface area contributed by atoms with Crippen LogP contribution in [-0.2, 0) is 6.42 Å². The predicted molar refractivity (Wildman–Crippen MR) is 85.8 cm³/mol. The molecule has 0 aliphatic heterocycles. The summed E-state index contributed by atoms with van der Waals surface area (Å²) in [5.41, 5.74) is 2.16. The van der Waals surface area contributed by atoms with Gasteiger partial charge in [-0.2, -0.15) is 0 Å². The molecular weight excluding hydrogens is 339 g/mol. The first-order valence-electron chi connectivity index (χ1n) is 6.62. The smallest absolute Gasteiger partial charge is 0.124 e. The van der Waals surface area contributed by atoms with E-state index in [1.54, 1.807) is 11.3 Å². The molecule has 2 rings (SSSR count). The summed E-state index contributed by atoms with van der Waals surface area (Å²) in [6.45, 7) is 7.05. The third kappa shape index (κ3) is 3.65. The Hall–Kier alpha value is -0.780. The highest BCUT2D eigenvalue weighted by Crippen LogP contribution is 2.28. The number of benzene rings is 1. The number of hydrogen-bond acceptors (Lipinski definition) is 3. The van der Waals surface area contributed by atoms with E-state index in [9.17, 15) is 4.39 Å². The topological polar surface area (TPSA) is 24.9 Å². The molecule has 0 radical (unpaired) electrons. The van der Waals surface area contributed by atoms with Gasteiger partial charge in [-0.25, -0.2) is 9.37 Å². The van der Waals surface area contributed by atoms with Gasteiger partial charge in [0.15, 0.2) is 0 Å². The third-order valence-corrected chi connectivity index (χ3v) is 5.02. The van der Waals surface area contributed by atoms with Crippen molar-refractivity contribution in [3.8, 4) is 0 Å². The molecule has 0 amide bonds. The lowest BCUT2D eigenvalue weighted by molar-refractivity contribution is 0.544. The lowest BCUT2D eigenvalue weighted by Crippen LogP contribution is -2.23. The van der Waals surface area contributed by atoms with Crippen LogP contribution >= 0.6 is 27.3 Å². The summed E-state index contributed by atoms with van der Waals surface area (Å²) < 4.78 is 14.0. The Bertz CT molecular complexity index is 578. The number of nitrogens with one attached hydrogen (secondary N) is 1. The Morgan fingerprint density at radius 3 is 2.70 bits per heavy atom.